The minimum absolute atomic E-state index is 0.0330. The summed E-state index contributed by atoms with van der Waals surface area (Å²) in [6, 6.07) is 0. The highest BCUT2D eigenvalue weighted by Crippen LogP contribution is 2.64. The van der Waals surface area contributed by atoms with Crippen LogP contribution in [0.5, 0.6) is 0 Å². The Morgan fingerprint density at radius 2 is 1.49 bits per heavy atom. The van der Waals surface area contributed by atoms with Crippen molar-refractivity contribution < 1.29 is 123 Å². The van der Waals surface area contributed by atoms with Crippen LogP contribution in [-0.2, 0) is 61.7 Å². The monoisotopic (exact) mass is 1060 g/mol. The average molecular weight is 1060 g/mol. The van der Waals surface area contributed by atoms with Gasteiger partial charge in [-0.2, -0.15) is 0 Å². The SMILES string of the molecule is CC(=O)O[C@H]1[C@@H](C)CO[C@@]2(O[C@H]3C(=O)C4=C(CC[C@H]5[C@H]4CC=C4C[C@@H](O)C[C@@H](O[C@@H]6OC[C@H](O)[C@H](O[C@@H]7OC[C@@H](O)[C@H](O)[C@H]7O)[C@H]6O[C@@H]6O[C@@H](C)[C@H](O)[C@@H](O[C@@H]7OC[C@](O)(CO)[C@H]7O)[C@H]6O)[C@@]45C)[C@H]3[C@@H]2CO)[C@H]1O. The van der Waals surface area contributed by atoms with Crippen LogP contribution in [0.2, 0.25) is 0 Å². The van der Waals surface area contributed by atoms with Gasteiger partial charge in [-0.15, -0.1) is 0 Å². The Balaban J connectivity index is 0.945. The Kier molecular flexibility index (Phi) is 15.4. The van der Waals surface area contributed by atoms with Gasteiger partial charge in [0.05, 0.1) is 58.0 Å². The quantitative estimate of drug-likeness (QED) is 0.0683. The molecule has 1 saturated carbocycles. The van der Waals surface area contributed by atoms with E-state index in [2.05, 4.69) is 0 Å². The molecule has 25 nitrogen and oxygen atoms in total. The minimum Gasteiger partial charge on any atom is -0.459 e. The van der Waals surface area contributed by atoms with Gasteiger partial charge in [0.25, 0.3) is 0 Å². The zero-order valence-corrected chi connectivity index (χ0v) is 41.5. The van der Waals surface area contributed by atoms with Gasteiger partial charge in [-0.1, -0.05) is 31.1 Å². The van der Waals surface area contributed by atoms with E-state index in [9.17, 15) is 70.9 Å². The molecule has 25 heteroatoms. The predicted molar refractivity (Wildman–Crippen MR) is 240 cm³/mol. The number of aliphatic hydroxyl groups is 12. The maximum Gasteiger partial charge on any atom is 0.303 e. The molecule has 0 unspecified atom stereocenters. The van der Waals surface area contributed by atoms with Gasteiger partial charge in [0.15, 0.2) is 30.9 Å². The fraction of sp³-hybridized carbons (Fsp3) is 0.878. The van der Waals surface area contributed by atoms with Gasteiger partial charge in [0, 0.05) is 42.1 Å². The number of aliphatic hydroxyl groups excluding tert-OH is 11. The van der Waals surface area contributed by atoms with Crippen molar-refractivity contribution in [1.29, 1.82) is 0 Å². The van der Waals surface area contributed by atoms with Crippen molar-refractivity contribution in [3.05, 3.63) is 22.8 Å². The summed E-state index contributed by atoms with van der Waals surface area (Å²) in [5.74, 6) is -5.39. The molecule has 10 aliphatic rings. The van der Waals surface area contributed by atoms with Gasteiger partial charge in [-0.25, -0.2) is 0 Å². The molecule has 7 fully saturated rings. The molecule has 0 amide bonds. The standard InChI is InChI=1S/C49H72O25/c1-17-12-67-49(41(61)36(17)69-19(3)52)25(11-50)30-23-7-8-24-22(29(23)33(58)38(30)74-49)6-5-20-9-21(53)10-28(47(20,24)4)70-45-40(37(27(55)14-65-45)71-43-34(59)32(57)26(54)13-64-43)73-44-35(60)39(31(56)18(2)68-44)72-46-42(62)48(63,15-51)16-66-46/h5,17-18,21-22,24-28,30-32,34-46,50-51,53-57,59-63H,6-16H2,1-4H3/t17-,18-,21+,22+,24-,25-,26+,27-,28+,30-,31-,32-,34+,35+,36-,37-,38+,39+,40+,41-,42-,43-,44-,45-,46-,47-,48+,49-/m0/s1. The normalized spacial score (nSPS) is 53.3. The molecule has 0 aromatic carbocycles. The Hall–Kier alpha value is -2.26. The number of hydrogen-bond acceptors (Lipinski definition) is 25. The van der Waals surface area contributed by atoms with Crippen LogP contribution in [0.15, 0.2) is 22.8 Å². The molecule has 0 aromatic rings. The van der Waals surface area contributed by atoms with Crippen LogP contribution >= 0.6 is 0 Å². The van der Waals surface area contributed by atoms with Crippen LogP contribution in [-0.4, -0.2) is 247 Å². The van der Waals surface area contributed by atoms with Crippen molar-refractivity contribution in [3.8, 4) is 0 Å². The zero-order chi connectivity index (χ0) is 53.1. The number of carbonyl (C=O) groups excluding carboxylic acids is 2. The van der Waals surface area contributed by atoms with Crippen LogP contribution < -0.4 is 0 Å². The number of esters is 1. The van der Waals surface area contributed by atoms with Gasteiger partial charge in [-0.3, -0.25) is 9.59 Å². The summed E-state index contributed by atoms with van der Waals surface area (Å²) in [4.78, 5) is 27.0. The van der Waals surface area contributed by atoms with Crippen molar-refractivity contribution in [3.63, 3.8) is 0 Å². The van der Waals surface area contributed by atoms with E-state index in [1.807, 2.05) is 13.0 Å². The number of hydrogen-bond donors (Lipinski definition) is 12. The van der Waals surface area contributed by atoms with E-state index in [0.29, 0.717) is 24.8 Å². The topological polar surface area (TPSA) is 378 Å². The molecule has 1 spiro atoms. The summed E-state index contributed by atoms with van der Waals surface area (Å²) in [6.07, 6.45) is -26.4. The summed E-state index contributed by atoms with van der Waals surface area (Å²) in [5, 5.41) is 132. The molecule has 6 heterocycles. The van der Waals surface area contributed by atoms with E-state index in [1.54, 1.807) is 6.92 Å². The van der Waals surface area contributed by atoms with E-state index in [0.717, 1.165) is 11.1 Å². The van der Waals surface area contributed by atoms with E-state index in [4.69, 9.17) is 52.1 Å². The third kappa shape index (κ3) is 8.96. The Morgan fingerprint density at radius 1 is 0.784 bits per heavy atom. The van der Waals surface area contributed by atoms with E-state index >= 15 is 0 Å². The second-order valence-corrected chi connectivity index (χ2v) is 22.3. The first-order chi connectivity index (χ1) is 35.1. The summed E-state index contributed by atoms with van der Waals surface area (Å²) >= 11 is 0. The van der Waals surface area contributed by atoms with Crippen molar-refractivity contribution in [2.24, 2.45) is 35.0 Å². The molecule has 418 valence electrons. The van der Waals surface area contributed by atoms with Crippen molar-refractivity contribution in [2.75, 3.05) is 39.6 Å². The number of fused-ring (bicyclic) bond motifs is 6. The first-order valence-corrected chi connectivity index (χ1v) is 25.7. The smallest absolute Gasteiger partial charge is 0.303 e. The molecule has 28 atom stereocenters. The van der Waals surface area contributed by atoms with Crippen LogP contribution in [0.25, 0.3) is 0 Å². The largest absolute Gasteiger partial charge is 0.459 e. The number of allylic oxidation sites excluding steroid dienone is 1. The third-order valence-electron chi connectivity index (χ3n) is 17.9. The molecule has 12 N–H and O–H groups in total. The fourth-order valence-electron chi connectivity index (χ4n) is 13.8. The van der Waals surface area contributed by atoms with Crippen LogP contribution in [0.3, 0.4) is 0 Å². The molecule has 0 radical (unpaired) electrons. The summed E-state index contributed by atoms with van der Waals surface area (Å²) in [7, 11) is 0. The second kappa shape index (κ2) is 20.8. The number of ketones is 1. The Bertz CT molecular complexity index is 2150. The first kappa shape index (κ1) is 55.1. The molecule has 0 aromatic heterocycles. The van der Waals surface area contributed by atoms with E-state index in [1.165, 1.54) is 13.8 Å². The highest BCUT2D eigenvalue weighted by atomic mass is 16.8. The molecule has 4 aliphatic carbocycles. The second-order valence-electron chi connectivity index (χ2n) is 22.3. The minimum atomic E-state index is -2.11. The summed E-state index contributed by atoms with van der Waals surface area (Å²) in [5.41, 5.74) is -0.833. The first-order valence-electron chi connectivity index (χ1n) is 25.7. The molecule has 6 aliphatic heterocycles. The van der Waals surface area contributed by atoms with Crippen LogP contribution in [0.4, 0.5) is 0 Å². The van der Waals surface area contributed by atoms with Gasteiger partial charge in [-0.05, 0) is 44.4 Å². The third-order valence-corrected chi connectivity index (χ3v) is 17.9. The maximum absolute atomic E-state index is 14.9. The molecular weight excluding hydrogens is 989 g/mol. The average Bonchev–Trinajstić information content (AvgIpc) is 4.00. The highest BCUT2D eigenvalue weighted by Gasteiger charge is 2.70. The fourth-order valence-corrected chi connectivity index (χ4v) is 13.8. The molecule has 74 heavy (non-hydrogen) atoms. The predicted octanol–water partition coefficient (Wildman–Crippen LogP) is -4.73. The molecule has 6 saturated heterocycles. The Labute approximate surface area is 425 Å². The lowest BCUT2D eigenvalue weighted by atomic mass is 9.51. The maximum atomic E-state index is 14.9. The molecular formula is C49H72O25. The van der Waals surface area contributed by atoms with Crippen molar-refractivity contribution >= 4 is 11.8 Å². The van der Waals surface area contributed by atoms with E-state index in [-0.39, 0.29) is 31.1 Å². The van der Waals surface area contributed by atoms with Crippen LogP contribution in [0.1, 0.15) is 59.8 Å². The number of ether oxygens (including phenoxy) is 11. The van der Waals surface area contributed by atoms with Gasteiger partial charge >= 0.3 is 5.97 Å². The van der Waals surface area contributed by atoms with Gasteiger partial charge in [0.1, 0.15) is 85.0 Å². The number of Topliss-reactive ketones (excluding diaryl/α,β-unsaturated/α-hetero) is 1. The van der Waals surface area contributed by atoms with Crippen molar-refractivity contribution in [2.45, 2.75) is 194 Å². The van der Waals surface area contributed by atoms with Crippen molar-refractivity contribution in [1.82, 2.24) is 0 Å². The summed E-state index contributed by atoms with van der Waals surface area (Å²) < 4.78 is 66.8. The lowest BCUT2D eigenvalue weighted by Crippen LogP contribution is -2.65. The lowest BCUT2D eigenvalue weighted by Gasteiger charge is -2.57. The van der Waals surface area contributed by atoms with Gasteiger partial charge < -0.3 is 113 Å². The molecule has 0 bridgehead atoms. The highest BCUT2D eigenvalue weighted by molar-refractivity contribution is 6.04. The number of carbonyl (C=O) groups is 2. The lowest BCUT2D eigenvalue weighted by molar-refractivity contribution is -0.387. The zero-order valence-electron chi connectivity index (χ0n) is 41.5. The molecule has 10 rings (SSSR count). The summed E-state index contributed by atoms with van der Waals surface area (Å²) in [6.45, 7) is 3.55. The van der Waals surface area contributed by atoms with Crippen LogP contribution in [0, 0.1) is 35.0 Å². The van der Waals surface area contributed by atoms with E-state index < -0.39 is 202 Å². The van der Waals surface area contributed by atoms with Gasteiger partial charge in [0.2, 0.25) is 5.79 Å². The Morgan fingerprint density at radius 3 is 2.19 bits per heavy atom. The number of rotatable bonds is 11.